The lowest BCUT2D eigenvalue weighted by molar-refractivity contribution is 0.170. The van der Waals surface area contributed by atoms with Gasteiger partial charge in [-0.15, -0.1) is 0 Å². The molecule has 2 saturated heterocycles. The molecule has 2 aliphatic carbocycles. The second-order valence-electron chi connectivity index (χ2n) is 11.4. The summed E-state index contributed by atoms with van der Waals surface area (Å²) in [5, 5.41) is 7.87. The SMILES string of the molecule is Cc1ccc(Nc2nc(Nc3ccc4c(c3)CCC(N3CC5CC3C5)CC4)ncc2Cl)c(P(C)(C)=O)c1. The molecule has 3 aromatic rings. The average molecular weight is 536 g/mol. The third kappa shape index (κ3) is 5.16. The molecule has 194 valence electrons. The van der Waals surface area contributed by atoms with E-state index in [1.54, 1.807) is 19.5 Å². The van der Waals surface area contributed by atoms with Gasteiger partial charge in [-0.2, -0.15) is 4.98 Å². The Labute approximate surface area is 224 Å². The highest BCUT2D eigenvalue weighted by Gasteiger charge is 2.45. The molecule has 3 heterocycles. The maximum atomic E-state index is 12.9. The fourth-order valence-corrected chi connectivity index (χ4v) is 7.64. The van der Waals surface area contributed by atoms with Crippen LogP contribution in [0.2, 0.25) is 5.02 Å². The van der Waals surface area contributed by atoms with Crippen LogP contribution in [0.1, 0.15) is 42.4 Å². The van der Waals surface area contributed by atoms with E-state index in [-0.39, 0.29) is 0 Å². The molecule has 1 atom stereocenters. The summed E-state index contributed by atoms with van der Waals surface area (Å²) in [6.07, 6.45) is 9.22. The average Bonchev–Trinajstić information content (AvgIpc) is 3.38. The van der Waals surface area contributed by atoms with Gasteiger partial charge in [0.2, 0.25) is 5.95 Å². The van der Waals surface area contributed by atoms with E-state index in [1.807, 2.05) is 25.1 Å². The molecule has 0 radical (unpaired) electrons. The van der Waals surface area contributed by atoms with Crippen molar-refractivity contribution < 1.29 is 4.57 Å². The van der Waals surface area contributed by atoms with Gasteiger partial charge in [0.05, 0.1) is 11.9 Å². The van der Waals surface area contributed by atoms with Crippen LogP contribution in [0, 0.1) is 12.8 Å². The first-order valence-electron chi connectivity index (χ1n) is 13.3. The Kier molecular flexibility index (Phi) is 6.55. The number of aryl methyl sites for hydroxylation is 3. The van der Waals surface area contributed by atoms with Gasteiger partial charge in [-0.1, -0.05) is 29.3 Å². The predicted molar refractivity (Wildman–Crippen MR) is 154 cm³/mol. The van der Waals surface area contributed by atoms with Crippen LogP contribution in [0.4, 0.5) is 23.1 Å². The number of hydrogen-bond acceptors (Lipinski definition) is 6. The molecule has 0 amide bonds. The lowest BCUT2D eigenvalue weighted by Gasteiger charge is -2.32. The summed E-state index contributed by atoms with van der Waals surface area (Å²) in [7, 11) is -2.50. The molecule has 2 aromatic carbocycles. The van der Waals surface area contributed by atoms with E-state index >= 15 is 0 Å². The van der Waals surface area contributed by atoms with Crippen LogP contribution in [-0.2, 0) is 17.4 Å². The van der Waals surface area contributed by atoms with Gasteiger partial charge in [0, 0.05) is 29.6 Å². The lowest BCUT2D eigenvalue weighted by atomic mass is 9.86. The van der Waals surface area contributed by atoms with Crippen molar-refractivity contribution in [2.24, 2.45) is 5.92 Å². The third-order valence-electron chi connectivity index (χ3n) is 8.30. The summed E-state index contributed by atoms with van der Waals surface area (Å²) < 4.78 is 12.9. The predicted octanol–water partition coefficient (Wildman–Crippen LogP) is 6.52. The molecule has 1 unspecified atom stereocenters. The van der Waals surface area contributed by atoms with Crippen LogP contribution in [0.15, 0.2) is 42.6 Å². The van der Waals surface area contributed by atoms with Gasteiger partial charge in [-0.25, -0.2) is 4.98 Å². The third-order valence-corrected chi connectivity index (χ3v) is 10.1. The summed E-state index contributed by atoms with van der Waals surface area (Å²) >= 11 is 6.45. The molecular weight excluding hydrogens is 501 g/mol. The van der Waals surface area contributed by atoms with Crippen LogP contribution in [-0.4, -0.2) is 46.8 Å². The van der Waals surface area contributed by atoms with Crippen molar-refractivity contribution >= 4 is 47.2 Å². The Bertz CT molecular complexity index is 1380. The van der Waals surface area contributed by atoms with E-state index in [0.29, 0.717) is 16.8 Å². The number of nitrogens with zero attached hydrogens (tertiary/aromatic N) is 3. The second-order valence-corrected chi connectivity index (χ2v) is 15.0. The number of aromatic nitrogens is 2. The number of benzene rings is 2. The van der Waals surface area contributed by atoms with Crippen LogP contribution in [0.5, 0.6) is 0 Å². The summed E-state index contributed by atoms with van der Waals surface area (Å²) in [6.45, 7) is 6.87. The first-order chi connectivity index (χ1) is 17.7. The van der Waals surface area contributed by atoms with Gasteiger partial charge in [-0.05, 0) is 100 Å². The molecule has 2 aliphatic heterocycles. The number of hydrogen-bond donors (Lipinski definition) is 2. The van der Waals surface area contributed by atoms with Crippen molar-refractivity contribution in [2.75, 3.05) is 30.5 Å². The molecule has 1 saturated carbocycles. The van der Waals surface area contributed by atoms with E-state index in [9.17, 15) is 4.57 Å². The summed E-state index contributed by atoms with van der Waals surface area (Å²) in [5.41, 5.74) is 5.69. The van der Waals surface area contributed by atoms with Crippen molar-refractivity contribution in [3.63, 3.8) is 0 Å². The Balaban J connectivity index is 1.18. The number of fused-ring (bicyclic) bond motifs is 2. The fourth-order valence-electron chi connectivity index (χ4n) is 6.28. The number of rotatable bonds is 6. The molecule has 3 fully saturated rings. The molecule has 2 bridgehead atoms. The number of nitrogens with one attached hydrogen (secondary N) is 2. The molecular formula is C29H35ClN5OP. The van der Waals surface area contributed by atoms with E-state index in [2.05, 4.69) is 43.7 Å². The van der Waals surface area contributed by atoms with Gasteiger partial charge in [0.15, 0.2) is 5.82 Å². The summed E-state index contributed by atoms with van der Waals surface area (Å²) in [6, 6.07) is 14.1. The highest BCUT2D eigenvalue weighted by Crippen LogP contribution is 2.44. The van der Waals surface area contributed by atoms with Crippen molar-refractivity contribution in [3.8, 4) is 0 Å². The largest absolute Gasteiger partial charge is 0.338 e. The molecule has 0 spiro atoms. The molecule has 1 aromatic heterocycles. The highest BCUT2D eigenvalue weighted by atomic mass is 35.5. The normalized spacial score (nSPS) is 23.2. The standard InChI is InChI=1S/C29H35ClN5OP/c1-18-4-11-26(27(12-18)37(2,3)36)33-28-25(30)16-31-29(34-28)32-22-8-5-20-6-9-23(10-7-21(20)15-22)35-17-19-13-24(35)14-19/h4-5,8,11-12,15-16,19,23-24H,6-7,9-10,13-14,17H2,1-3H3,(H2,31,32,33,34). The van der Waals surface area contributed by atoms with E-state index in [4.69, 9.17) is 11.6 Å². The fraction of sp³-hybridized carbons (Fsp3) is 0.448. The highest BCUT2D eigenvalue weighted by molar-refractivity contribution is 7.70. The number of anilines is 4. The van der Waals surface area contributed by atoms with Gasteiger partial charge >= 0.3 is 0 Å². The monoisotopic (exact) mass is 535 g/mol. The summed E-state index contributed by atoms with van der Waals surface area (Å²) in [5.74, 6) is 1.93. The van der Waals surface area contributed by atoms with E-state index in [1.165, 1.54) is 43.4 Å². The van der Waals surface area contributed by atoms with Crippen LogP contribution in [0.3, 0.4) is 0 Å². The second kappa shape index (κ2) is 9.72. The zero-order chi connectivity index (χ0) is 25.7. The Morgan fingerprint density at radius 1 is 1.00 bits per heavy atom. The quantitative estimate of drug-likeness (QED) is 0.277. The molecule has 6 nitrogen and oxygen atoms in total. The zero-order valence-corrected chi connectivity index (χ0v) is 23.4. The first kappa shape index (κ1) is 24.9. The van der Waals surface area contributed by atoms with Crippen molar-refractivity contribution in [1.82, 2.24) is 14.9 Å². The van der Waals surface area contributed by atoms with Crippen molar-refractivity contribution in [3.05, 3.63) is 64.3 Å². The maximum absolute atomic E-state index is 12.9. The Hall–Kier alpha value is -2.40. The van der Waals surface area contributed by atoms with Gasteiger partial charge in [0.1, 0.15) is 12.2 Å². The maximum Gasteiger partial charge on any atom is 0.229 e. The molecule has 2 N–H and O–H groups in total. The minimum atomic E-state index is -2.50. The summed E-state index contributed by atoms with van der Waals surface area (Å²) in [4.78, 5) is 11.9. The molecule has 7 rings (SSSR count). The topological polar surface area (TPSA) is 70.2 Å². The van der Waals surface area contributed by atoms with Gasteiger partial charge < -0.3 is 15.2 Å². The molecule has 37 heavy (non-hydrogen) atoms. The van der Waals surface area contributed by atoms with E-state index < -0.39 is 7.14 Å². The van der Waals surface area contributed by atoms with E-state index in [0.717, 1.165) is 53.1 Å². The number of halogens is 1. The lowest BCUT2D eigenvalue weighted by Crippen LogP contribution is -2.37. The van der Waals surface area contributed by atoms with Crippen molar-refractivity contribution in [2.45, 2.75) is 57.5 Å². The van der Waals surface area contributed by atoms with Crippen LogP contribution in [0.25, 0.3) is 0 Å². The van der Waals surface area contributed by atoms with Gasteiger partial charge in [-0.3, -0.25) is 4.90 Å². The van der Waals surface area contributed by atoms with Crippen LogP contribution >= 0.6 is 18.7 Å². The smallest absolute Gasteiger partial charge is 0.229 e. The van der Waals surface area contributed by atoms with Crippen LogP contribution < -0.4 is 15.9 Å². The molecule has 8 heteroatoms. The Morgan fingerprint density at radius 2 is 1.78 bits per heavy atom. The first-order valence-corrected chi connectivity index (χ1v) is 16.3. The minimum Gasteiger partial charge on any atom is -0.338 e. The minimum absolute atomic E-state index is 0.409. The molecule has 4 aliphatic rings. The Morgan fingerprint density at radius 3 is 2.51 bits per heavy atom. The van der Waals surface area contributed by atoms with Crippen molar-refractivity contribution in [1.29, 1.82) is 0 Å². The zero-order valence-electron chi connectivity index (χ0n) is 21.8. The van der Waals surface area contributed by atoms with Gasteiger partial charge in [0.25, 0.3) is 0 Å².